The minimum atomic E-state index is 0.198. The number of rotatable bonds is 3. The molecule has 4 heteroatoms. The van der Waals surface area contributed by atoms with Crippen LogP contribution in [0.2, 0.25) is 0 Å². The van der Waals surface area contributed by atoms with Crippen molar-refractivity contribution in [3.63, 3.8) is 0 Å². The van der Waals surface area contributed by atoms with Gasteiger partial charge in [0.25, 0.3) is 0 Å². The van der Waals surface area contributed by atoms with Gasteiger partial charge in [-0.05, 0) is 23.1 Å². The Morgan fingerprint density at radius 1 is 1.21 bits per heavy atom. The summed E-state index contributed by atoms with van der Waals surface area (Å²) in [6.07, 6.45) is 1.85. The van der Waals surface area contributed by atoms with Crippen molar-refractivity contribution in [2.75, 3.05) is 17.7 Å². The Kier molecular flexibility index (Phi) is 3.80. The number of nitrogen functional groups attached to an aromatic ring is 1. The van der Waals surface area contributed by atoms with Crippen molar-refractivity contribution < 1.29 is 0 Å². The van der Waals surface area contributed by atoms with Gasteiger partial charge < -0.3 is 10.6 Å². The molecule has 0 aliphatic rings. The van der Waals surface area contributed by atoms with Crippen LogP contribution in [0.4, 0.5) is 10.8 Å². The van der Waals surface area contributed by atoms with Gasteiger partial charge in [0.1, 0.15) is 0 Å². The lowest BCUT2D eigenvalue weighted by molar-refractivity contribution is 0.590. The summed E-state index contributed by atoms with van der Waals surface area (Å²) < 4.78 is 0. The zero-order valence-corrected chi connectivity index (χ0v) is 12.8. The van der Waals surface area contributed by atoms with Crippen LogP contribution in [0, 0.1) is 0 Å². The Hall–Kier alpha value is -1.55. The third kappa shape index (κ3) is 3.47. The van der Waals surface area contributed by atoms with Crippen LogP contribution in [0.1, 0.15) is 31.2 Å². The van der Waals surface area contributed by atoms with Gasteiger partial charge in [-0.1, -0.05) is 32.9 Å². The molecule has 0 aliphatic heterocycles. The summed E-state index contributed by atoms with van der Waals surface area (Å²) in [5, 5.41) is 0.631. The molecule has 3 nitrogen and oxygen atoms in total. The molecule has 0 amide bonds. The summed E-state index contributed by atoms with van der Waals surface area (Å²) in [5.74, 6) is 0. The molecule has 19 heavy (non-hydrogen) atoms. The van der Waals surface area contributed by atoms with Gasteiger partial charge in [-0.15, -0.1) is 11.3 Å². The number of thiazole rings is 1. The van der Waals surface area contributed by atoms with E-state index in [1.165, 1.54) is 16.1 Å². The first kappa shape index (κ1) is 13.9. The lowest BCUT2D eigenvalue weighted by Crippen LogP contribution is -2.16. The zero-order valence-electron chi connectivity index (χ0n) is 12.0. The molecule has 0 atom stereocenters. The summed E-state index contributed by atoms with van der Waals surface area (Å²) in [7, 11) is 2.09. The fraction of sp³-hybridized carbons (Fsp3) is 0.400. The minimum absolute atomic E-state index is 0.198. The van der Waals surface area contributed by atoms with Gasteiger partial charge in [0.15, 0.2) is 5.13 Å². The van der Waals surface area contributed by atoms with Gasteiger partial charge >= 0.3 is 0 Å². The Morgan fingerprint density at radius 2 is 1.84 bits per heavy atom. The van der Waals surface area contributed by atoms with E-state index in [9.17, 15) is 0 Å². The molecular formula is C15H21N3S. The molecule has 0 saturated heterocycles. The first-order valence-electron chi connectivity index (χ1n) is 6.38. The number of anilines is 2. The summed E-state index contributed by atoms with van der Waals surface area (Å²) in [6, 6.07) is 8.75. The van der Waals surface area contributed by atoms with Crippen molar-refractivity contribution in [3.8, 4) is 0 Å². The first-order valence-corrected chi connectivity index (χ1v) is 7.20. The fourth-order valence-electron chi connectivity index (χ4n) is 1.94. The Morgan fingerprint density at radius 3 is 2.32 bits per heavy atom. The fourth-order valence-corrected chi connectivity index (χ4v) is 2.67. The number of benzene rings is 1. The van der Waals surface area contributed by atoms with Gasteiger partial charge in [-0.3, -0.25) is 0 Å². The van der Waals surface area contributed by atoms with Crippen LogP contribution in [-0.4, -0.2) is 12.0 Å². The van der Waals surface area contributed by atoms with Crippen molar-refractivity contribution in [2.45, 2.75) is 32.7 Å². The van der Waals surface area contributed by atoms with E-state index in [0.717, 1.165) is 6.54 Å². The molecule has 1 aromatic carbocycles. The summed E-state index contributed by atoms with van der Waals surface area (Å²) in [4.78, 5) is 7.47. The zero-order chi connectivity index (χ0) is 14.0. The average Bonchev–Trinajstić information content (AvgIpc) is 2.74. The second kappa shape index (κ2) is 5.21. The van der Waals surface area contributed by atoms with Crippen molar-refractivity contribution in [3.05, 3.63) is 40.9 Å². The standard InChI is InChI=1S/C15H21N3S/c1-15(2,3)11-5-7-12(8-6-11)18(4)10-13-9-17-14(16)19-13/h5-9H,10H2,1-4H3,(H2,16,17). The summed E-state index contributed by atoms with van der Waals surface area (Å²) in [5.41, 5.74) is 8.41. The highest BCUT2D eigenvalue weighted by atomic mass is 32.1. The molecule has 1 heterocycles. The Labute approximate surface area is 119 Å². The molecule has 1 aromatic heterocycles. The molecule has 2 N–H and O–H groups in total. The normalized spacial score (nSPS) is 11.6. The Bertz CT molecular complexity index is 537. The lowest BCUT2D eigenvalue weighted by atomic mass is 9.87. The van der Waals surface area contributed by atoms with Crippen molar-refractivity contribution in [1.82, 2.24) is 4.98 Å². The van der Waals surface area contributed by atoms with E-state index in [4.69, 9.17) is 5.73 Å². The number of nitrogens with two attached hydrogens (primary N) is 1. The van der Waals surface area contributed by atoms with Gasteiger partial charge in [0.2, 0.25) is 0 Å². The van der Waals surface area contributed by atoms with Crippen molar-refractivity contribution in [2.24, 2.45) is 0 Å². The molecule has 2 rings (SSSR count). The van der Waals surface area contributed by atoms with E-state index in [1.54, 1.807) is 11.3 Å². The third-order valence-corrected chi connectivity index (χ3v) is 3.95. The number of nitrogens with zero attached hydrogens (tertiary/aromatic N) is 2. The molecule has 0 unspecified atom stereocenters. The van der Waals surface area contributed by atoms with Crippen LogP contribution >= 0.6 is 11.3 Å². The van der Waals surface area contributed by atoms with Crippen molar-refractivity contribution in [1.29, 1.82) is 0 Å². The topological polar surface area (TPSA) is 42.2 Å². The second-order valence-electron chi connectivity index (χ2n) is 5.82. The maximum atomic E-state index is 5.65. The van der Waals surface area contributed by atoms with E-state index in [-0.39, 0.29) is 5.41 Å². The maximum Gasteiger partial charge on any atom is 0.180 e. The van der Waals surface area contributed by atoms with E-state index in [1.807, 2.05) is 6.20 Å². The number of hydrogen-bond donors (Lipinski definition) is 1. The van der Waals surface area contributed by atoms with Crippen molar-refractivity contribution >= 4 is 22.2 Å². The highest BCUT2D eigenvalue weighted by molar-refractivity contribution is 7.15. The van der Waals surface area contributed by atoms with Crippen LogP contribution in [0.5, 0.6) is 0 Å². The molecule has 0 bridgehead atoms. The molecule has 0 radical (unpaired) electrons. The van der Waals surface area contributed by atoms with Crippen LogP contribution in [0.3, 0.4) is 0 Å². The Balaban J connectivity index is 2.09. The molecule has 102 valence electrons. The SMILES string of the molecule is CN(Cc1cnc(N)s1)c1ccc(C(C)(C)C)cc1. The monoisotopic (exact) mass is 275 g/mol. The lowest BCUT2D eigenvalue weighted by Gasteiger charge is -2.22. The van der Waals surface area contributed by atoms with Crippen LogP contribution in [-0.2, 0) is 12.0 Å². The predicted molar refractivity (Wildman–Crippen MR) is 83.8 cm³/mol. The highest BCUT2D eigenvalue weighted by Gasteiger charge is 2.13. The molecule has 0 fully saturated rings. The predicted octanol–water partition coefficient (Wildman–Crippen LogP) is 3.66. The van der Waals surface area contributed by atoms with E-state index >= 15 is 0 Å². The summed E-state index contributed by atoms with van der Waals surface area (Å²) >= 11 is 1.54. The summed E-state index contributed by atoms with van der Waals surface area (Å²) in [6.45, 7) is 7.52. The largest absolute Gasteiger partial charge is 0.375 e. The van der Waals surface area contributed by atoms with E-state index in [2.05, 4.69) is 62.0 Å². The van der Waals surface area contributed by atoms with Gasteiger partial charge in [0, 0.05) is 23.8 Å². The number of hydrogen-bond acceptors (Lipinski definition) is 4. The quantitative estimate of drug-likeness (QED) is 0.929. The van der Waals surface area contributed by atoms with Gasteiger partial charge in [-0.2, -0.15) is 0 Å². The first-order chi connectivity index (χ1) is 8.86. The van der Waals surface area contributed by atoms with Crippen LogP contribution in [0.25, 0.3) is 0 Å². The highest BCUT2D eigenvalue weighted by Crippen LogP contribution is 2.25. The number of aromatic nitrogens is 1. The molecular weight excluding hydrogens is 254 g/mol. The minimum Gasteiger partial charge on any atom is -0.375 e. The molecule has 0 spiro atoms. The molecule has 0 aliphatic carbocycles. The van der Waals surface area contributed by atoms with Gasteiger partial charge in [0.05, 0.1) is 6.54 Å². The third-order valence-electron chi connectivity index (χ3n) is 3.14. The molecule has 2 aromatic rings. The average molecular weight is 275 g/mol. The van der Waals surface area contributed by atoms with Crippen LogP contribution in [0.15, 0.2) is 30.5 Å². The van der Waals surface area contributed by atoms with Gasteiger partial charge in [-0.25, -0.2) is 4.98 Å². The molecule has 0 saturated carbocycles. The van der Waals surface area contributed by atoms with Crippen LogP contribution < -0.4 is 10.6 Å². The van der Waals surface area contributed by atoms with E-state index < -0.39 is 0 Å². The smallest absolute Gasteiger partial charge is 0.180 e. The second-order valence-corrected chi connectivity index (χ2v) is 6.96. The maximum absolute atomic E-state index is 5.65. The van der Waals surface area contributed by atoms with E-state index in [0.29, 0.717) is 5.13 Å².